The summed E-state index contributed by atoms with van der Waals surface area (Å²) in [6, 6.07) is 9.72. The molecule has 100 valence electrons. The van der Waals surface area contributed by atoms with Gasteiger partial charge in [0.1, 0.15) is 5.82 Å². The van der Waals surface area contributed by atoms with Gasteiger partial charge in [0.2, 0.25) is 6.08 Å². The Hall–Kier alpha value is -2.49. The maximum Gasteiger partial charge on any atom is 0.257 e. The number of halogens is 2. The molecule has 0 saturated heterocycles. The molecule has 2 rings (SSSR count). The second kappa shape index (κ2) is 6.10. The van der Waals surface area contributed by atoms with Crippen LogP contribution in [0.25, 0.3) is 0 Å². The van der Waals surface area contributed by atoms with Gasteiger partial charge in [-0.1, -0.05) is 17.7 Å². The number of amides is 1. The largest absolute Gasteiger partial charge is 0.322 e. The number of nitrogens with one attached hydrogen (secondary N) is 1. The van der Waals surface area contributed by atoms with Crippen molar-refractivity contribution in [1.82, 2.24) is 0 Å². The molecule has 0 radical (unpaired) electrons. The Balaban J connectivity index is 2.33. The quantitative estimate of drug-likeness (QED) is 0.692. The van der Waals surface area contributed by atoms with Gasteiger partial charge in [0.15, 0.2) is 0 Å². The minimum atomic E-state index is -0.549. The highest BCUT2D eigenvalue weighted by Gasteiger charge is 2.12. The van der Waals surface area contributed by atoms with E-state index in [4.69, 9.17) is 11.6 Å². The summed E-state index contributed by atoms with van der Waals surface area (Å²) in [4.78, 5) is 25.9. The molecular formula is C14H8ClFN2O2. The minimum Gasteiger partial charge on any atom is -0.322 e. The molecule has 0 bridgehead atoms. The van der Waals surface area contributed by atoms with E-state index in [1.807, 2.05) is 0 Å². The molecule has 0 aliphatic carbocycles. The highest BCUT2D eigenvalue weighted by atomic mass is 35.5. The zero-order chi connectivity index (χ0) is 14.5. The molecule has 0 aliphatic heterocycles. The van der Waals surface area contributed by atoms with Crippen molar-refractivity contribution in [1.29, 1.82) is 0 Å². The van der Waals surface area contributed by atoms with Crippen LogP contribution in [-0.2, 0) is 4.79 Å². The van der Waals surface area contributed by atoms with E-state index in [-0.39, 0.29) is 16.9 Å². The van der Waals surface area contributed by atoms with Gasteiger partial charge >= 0.3 is 0 Å². The molecule has 6 heteroatoms. The third kappa shape index (κ3) is 3.29. The lowest BCUT2D eigenvalue weighted by molar-refractivity contribution is 0.102. The van der Waals surface area contributed by atoms with Crippen LogP contribution in [0.1, 0.15) is 10.4 Å². The molecule has 0 unspecified atom stereocenters. The highest BCUT2D eigenvalue weighted by molar-refractivity contribution is 6.31. The lowest BCUT2D eigenvalue weighted by atomic mass is 10.1. The second-order valence-electron chi connectivity index (χ2n) is 3.83. The van der Waals surface area contributed by atoms with E-state index < -0.39 is 11.7 Å². The second-order valence-corrected chi connectivity index (χ2v) is 4.27. The predicted molar refractivity (Wildman–Crippen MR) is 73.6 cm³/mol. The Morgan fingerprint density at radius 3 is 2.75 bits per heavy atom. The Kier molecular flexibility index (Phi) is 4.25. The van der Waals surface area contributed by atoms with Crippen LogP contribution in [0.15, 0.2) is 47.5 Å². The molecule has 20 heavy (non-hydrogen) atoms. The molecule has 0 aliphatic rings. The van der Waals surface area contributed by atoms with E-state index in [9.17, 15) is 14.0 Å². The SMILES string of the molecule is O=C=Nc1ccc(Cl)cc1C(=O)Nc1cccc(F)c1. The first kappa shape index (κ1) is 13.9. The third-order valence-corrected chi connectivity index (χ3v) is 2.69. The molecular weight excluding hydrogens is 283 g/mol. The maximum atomic E-state index is 13.0. The zero-order valence-electron chi connectivity index (χ0n) is 10.1. The van der Waals surface area contributed by atoms with Crippen molar-refractivity contribution in [2.45, 2.75) is 0 Å². The van der Waals surface area contributed by atoms with Gasteiger partial charge in [0, 0.05) is 10.7 Å². The average molecular weight is 291 g/mol. The van der Waals surface area contributed by atoms with Crippen molar-refractivity contribution in [3.8, 4) is 0 Å². The standard InChI is InChI=1S/C14H8ClFN2O2/c15-9-4-5-13(17-8-19)12(6-9)14(20)18-11-3-1-2-10(16)7-11/h1-7H,(H,18,20). The van der Waals surface area contributed by atoms with Crippen molar-refractivity contribution in [3.05, 3.63) is 58.9 Å². The maximum absolute atomic E-state index is 13.0. The molecule has 0 spiro atoms. The van der Waals surface area contributed by atoms with Crippen molar-refractivity contribution in [3.63, 3.8) is 0 Å². The fourth-order valence-corrected chi connectivity index (χ4v) is 1.77. The number of aliphatic imine (C=N–C) groups is 1. The normalized spacial score (nSPS) is 9.70. The van der Waals surface area contributed by atoms with E-state index >= 15 is 0 Å². The van der Waals surface area contributed by atoms with Crippen LogP contribution in [0.2, 0.25) is 5.02 Å². The lowest BCUT2D eigenvalue weighted by Gasteiger charge is -2.07. The lowest BCUT2D eigenvalue weighted by Crippen LogP contribution is -2.12. The van der Waals surface area contributed by atoms with Crippen LogP contribution < -0.4 is 5.32 Å². The predicted octanol–water partition coefficient (Wildman–Crippen LogP) is 3.70. The van der Waals surface area contributed by atoms with Crippen molar-refractivity contribution >= 4 is 35.0 Å². The first-order chi connectivity index (χ1) is 9.60. The summed E-state index contributed by atoms with van der Waals surface area (Å²) in [5.41, 5.74) is 0.527. The number of rotatable bonds is 3. The average Bonchev–Trinajstić information content (AvgIpc) is 2.41. The number of carbonyl (C=O) groups excluding carboxylic acids is 2. The van der Waals surface area contributed by atoms with Gasteiger partial charge in [-0.05, 0) is 36.4 Å². The molecule has 1 N–H and O–H groups in total. The minimum absolute atomic E-state index is 0.102. The molecule has 0 fully saturated rings. The Bertz CT molecular complexity index is 712. The summed E-state index contributed by atoms with van der Waals surface area (Å²) in [5.74, 6) is -1.02. The number of hydrogen-bond donors (Lipinski definition) is 1. The fourth-order valence-electron chi connectivity index (χ4n) is 1.60. The smallest absolute Gasteiger partial charge is 0.257 e. The highest BCUT2D eigenvalue weighted by Crippen LogP contribution is 2.24. The van der Waals surface area contributed by atoms with Crippen LogP contribution in [0, 0.1) is 5.82 Å². The van der Waals surface area contributed by atoms with Gasteiger partial charge in [0.05, 0.1) is 11.3 Å². The number of hydrogen-bond acceptors (Lipinski definition) is 3. The summed E-state index contributed by atoms with van der Waals surface area (Å²) in [6.45, 7) is 0. The van der Waals surface area contributed by atoms with Crippen molar-refractivity contribution in [2.75, 3.05) is 5.32 Å². The van der Waals surface area contributed by atoms with Gasteiger partial charge in [0.25, 0.3) is 5.91 Å². The van der Waals surface area contributed by atoms with Crippen molar-refractivity contribution < 1.29 is 14.0 Å². The molecule has 4 nitrogen and oxygen atoms in total. The Labute approximate surface area is 118 Å². The fraction of sp³-hybridized carbons (Fsp3) is 0. The van der Waals surface area contributed by atoms with E-state index in [0.717, 1.165) is 0 Å². The molecule has 0 heterocycles. The molecule has 1 amide bonds. The van der Waals surface area contributed by atoms with Gasteiger partial charge in [-0.3, -0.25) is 4.79 Å². The molecule has 2 aromatic carbocycles. The summed E-state index contributed by atoms with van der Waals surface area (Å²) in [6.07, 6.45) is 1.36. The molecule has 0 atom stereocenters. The van der Waals surface area contributed by atoms with Gasteiger partial charge in [-0.2, -0.15) is 4.99 Å². The van der Waals surface area contributed by atoms with Gasteiger partial charge in [-0.25, -0.2) is 9.18 Å². The number of anilines is 1. The molecule has 2 aromatic rings. The number of benzene rings is 2. The van der Waals surface area contributed by atoms with Crippen LogP contribution >= 0.6 is 11.6 Å². The first-order valence-corrected chi connectivity index (χ1v) is 5.92. The molecule has 0 aromatic heterocycles. The van der Waals surface area contributed by atoms with Crippen LogP contribution in [-0.4, -0.2) is 12.0 Å². The van der Waals surface area contributed by atoms with Crippen LogP contribution in [0.5, 0.6) is 0 Å². The number of nitrogens with zero attached hydrogens (tertiary/aromatic N) is 1. The van der Waals surface area contributed by atoms with Gasteiger partial charge < -0.3 is 5.32 Å². The summed E-state index contributed by atoms with van der Waals surface area (Å²) in [7, 11) is 0. The zero-order valence-corrected chi connectivity index (χ0v) is 10.8. The topological polar surface area (TPSA) is 58.5 Å². The monoisotopic (exact) mass is 290 g/mol. The summed E-state index contributed by atoms with van der Waals surface area (Å²) in [5, 5.41) is 2.82. The van der Waals surface area contributed by atoms with Gasteiger partial charge in [-0.15, -0.1) is 0 Å². The van der Waals surface area contributed by atoms with E-state index in [2.05, 4.69) is 10.3 Å². The third-order valence-electron chi connectivity index (χ3n) is 2.45. The summed E-state index contributed by atoms with van der Waals surface area (Å²) >= 11 is 5.81. The van der Waals surface area contributed by atoms with Crippen molar-refractivity contribution in [2.24, 2.45) is 4.99 Å². The van der Waals surface area contributed by atoms with E-state index in [1.54, 1.807) is 0 Å². The Morgan fingerprint density at radius 2 is 2.05 bits per heavy atom. The van der Waals surface area contributed by atoms with Crippen LogP contribution in [0.3, 0.4) is 0 Å². The van der Waals surface area contributed by atoms with E-state index in [0.29, 0.717) is 5.02 Å². The number of isocyanates is 1. The summed E-state index contributed by atoms with van der Waals surface area (Å²) < 4.78 is 13.0. The number of carbonyl (C=O) groups is 1. The molecule has 0 saturated carbocycles. The van der Waals surface area contributed by atoms with E-state index in [1.165, 1.54) is 48.5 Å². The van der Waals surface area contributed by atoms with Crippen LogP contribution in [0.4, 0.5) is 15.8 Å². The Morgan fingerprint density at radius 1 is 1.25 bits per heavy atom. The first-order valence-electron chi connectivity index (χ1n) is 5.54.